The Balaban J connectivity index is 1.73. The van der Waals surface area contributed by atoms with Gasteiger partial charge in [0.05, 0.1) is 24.7 Å². The third-order valence-corrected chi connectivity index (χ3v) is 4.91. The molecule has 1 saturated heterocycles. The fourth-order valence-electron chi connectivity index (χ4n) is 3.14. The second-order valence-electron chi connectivity index (χ2n) is 7.61. The van der Waals surface area contributed by atoms with Crippen molar-refractivity contribution in [1.82, 2.24) is 9.88 Å². The first-order chi connectivity index (χ1) is 14.7. The van der Waals surface area contributed by atoms with Gasteiger partial charge in [0.15, 0.2) is 0 Å². The summed E-state index contributed by atoms with van der Waals surface area (Å²) in [6, 6.07) is 7.57. The zero-order chi connectivity index (χ0) is 22.7. The van der Waals surface area contributed by atoms with E-state index < -0.39 is 29.8 Å². The number of hydrogen-bond acceptors (Lipinski definition) is 6. The summed E-state index contributed by atoms with van der Waals surface area (Å²) in [4.78, 5) is 42.4. The summed E-state index contributed by atoms with van der Waals surface area (Å²) in [6.07, 6.45) is 0.106. The van der Waals surface area contributed by atoms with Gasteiger partial charge in [-0.05, 0) is 51.4 Å². The minimum atomic E-state index is -0.688. The lowest BCUT2D eigenvalue weighted by molar-refractivity contribution is -0.123. The number of rotatable bonds is 7. The van der Waals surface area contributed by atoms with Gasteiger partial charge in [0, 0.05) is 17.3 Å². The molecular weight excluding hydrogens is 405 g/mol. The maximum absolute atomic E-state index is 14.8. The van der Waals surface area contributed by atoms with Crippen LogP contribution in [-0.2, 0) is 14.3 Å². The topological polar surface area (TPSA) is 118 Å². The van der Waals surface area contributed by atoms with Gasteiger partial charge in [-0.1, -0.05) is 0 Å². The molecule has 3 N–H and O–H groups in total. The molecule has 2 heterocycles. The number of nitrogens with two attached hydrogens (primary N) is 1. The Bertz CT molecular complexity index is 996. The average molecular weight is 429 g/mol. The number of amides is 3. The number of anilines is 2. The highest BCUT2D eigenvalue weighted by molar-refractivity contribution is 5.92. The Labute approximate surface area is 179 Å². The molecule has 3 rings (SSSR count). The number of aromatic nitrogens is 1. The van der Waals surface area contributed by atoms with Crippen molar-refractivity contribution in [2.45, 2.75) is 13.0 Å². The van der Waals surface area contributed by atoms with Gasteiger partial charge in [0.1, 0.15) is 17.7 Å². The van der Waals surface area contributed by atoms with Crippen molar-refractivity contribution in [2.24, 2.45) is 11.7 Å². The summed E-state index contributed by atoms with van der Waals surface area (Å²) < 4.78 is 20.0. The molecule has 1 aliphatic heterocycles. The number of nitrogens with zero attached hydrogens (tertiary/aromatic N) is 3. The van der Waals surface area contributed by atoms with Crippen molar-refractivity contribution >= 4 is 29.4 Å². The maximum Gasteiger partial charge on any atom is 0.414 e. The molecule has 3 amide bonds. The number of carbonyl (C=O) groups excluding carboxylic acids is 3. The van der Waals surface area contributed by atoms with Crippen LogP contribution in [-0.4, -0.2) is 61.1 Å². The molecule has 10 heteroatoms. The second kappa shape index (κ2) is 9.09. The molecule has 2 unspecified atom stereocenters. The number of nitrogens with one attached hydrogen (secondary N) is 1. The van der Waals surface area contributed by atoms with Crippen LogP contribution in [0.15, 0.2) is 36.5 Å². The fraction of sp³-hybridized carbons (Fsp3) is 0.333. The van der Waals surface area contributed by atoms with Gasteiger partial charge in [0.25, 0.3) is 0 Å². The van der Waals surface area contributed by atoms with E-state index in [0.717, 1.165) is 0 Å². The van der Waals surface area contributed by atoms with Gasteiger partial charge in [-0.15, -0.1) is 0 Å². The van der Waals surface area contributed by atoms with Crippen LogP contribution < -0.4 is 16.0 Å². The molecule has 1 aromatic carbocycles. The molecule has 0 spiro atoms. The smallest absolute Gasteiger partial charge is 0.414 e. The number of halogens is 1. The lowest BCUT2D eigenvalue weighted by Gasteiger charge is -2.16. The number of benzene rings is 1. The van der Waals surface area contributed by atoms with Gasteiger partial charge in [-0.25, -0.2) is 14.2 Å². The second-order valence-corrected chi connectivity index (χ2v) is 7.61. The van der Waals surface area contributed by atoms with Crippen LogP contribution >= 0.6 is 0 Å². The van der Waals surface area contributed by atoms with Crippen molar-refractivity contribution in [3.8, 4) is 11.1 Å². The quantitative estimate of drug-likeness (QED) is 0.693. The molecule has 0 saturated carbocycles. The molecule has 31 heavy (non-hydrogen) atoms. The summed E-state index contributed by atoms with van der Waals surface area (Å²) in [5, 5.41) is 2.66. The molecule has 2 aromatic rings. The molecular formula is C21H24FN5O4. The Morgan fingerprint density at radius 3 is 2.68 bits per heavy atom. The zero-order valence-electron chi connectivity index (χ0n) is 17.5. The molecule has 0 radical (unpaired) electrons. The van der Waals surface area contributed by atoms with Crippen molar-refractivity contribution in [3.63, 3.8) is 0 Å². The van der Waals surface area contributed by atoms with E-state index in [1.165, 1.54) is 23.2 Å². The van der Waals surface area contributed by atoms with Gasteiger partial charge >= 0.3 is 6.09 Å². The number of ether oxygens (including phenoxy) is 1. The Kier molecular flexibility index (Phi) is 6.50. The van der Waals surface area contributed by atoms with E-state index in [1.54, 1.807) is 44.1 Å². The summed E-state index contributed by atoms with van der Waals surface area (Å²) in [5.41, 5.74) is 6.38. The third kappa shape index (κ3) is 5.15. The summed E-state index contributed by atoms with van der Waals surface area (Å²) >= 11 is 0. The number of carbonyl (C=O) groups is 3. The standard InChI is InChI=1S/C21H24FN5O4/c1-12(20(23)29)17-10-27(21(30)31-17)14-5-6-15(16(22)8-14)13-4-7-18(24-9-13)25-19(28)11-26(2)3/h4-9,12,17H,10-11H2,1-3H3,(H2,23,29)(H,24,25,28). The van der Waals surface area contributed by atoms with Crippen molar-refractivity contribution < 1.29 is 23.5 Å². The lowest BCUT2D eigenvalue weighted by Crippen LogP contribution is -2.34. The third-order valence-electron chi connectivity index (χ3n) is 4.91. The van der Waals surface area contributed by atoms with Gasteiger partial charge in [-0.3, -0.25) is 14.5 Å². The van der Waals surface area contributed by atoms with E-state index in [-0.39, 0.29) is 24.6 Å². The minimum Gasteiger partial charge on any atom is -0.443 e. The van der Waals surface area contributed by atoms with Crippen molar-refractivity contribution in [1.29, 1.82) is 0 Å². The van der Waals surface area contributed by atoms with E-state index in [9.17, 15) is 18.8 Å². The van der Waals surface area contributed by atoms with Crippen LogP contribution in [0.2, 0.25) is 0 Å². The predicted octanol–water partition coefficient (Wildman–Crippen LogP) is 1.83. The maximum atomic E-state index is 14.8. The molecule has 1 aromatic heterocycles. The number of cyclic esters (lactones) is 1. The predicted molar refractivity (Wildman–Crippen MR) is 113 cm³/mol. The fourth-order valence-corrected chi connectivity index (χ4v) is 3.14. The SMILES string of the molecule is CC(C(N)=O)C1CN(c2ccc(-c3ccc(NC(=O)CN(C)C)nc3)c(F)c2)C(=O)O1. The van der Waals surface area contributed by atoms with Crippen molar-refractivity contribution in [3.05, 3.63) is 42.3 Å². The van der Waals surface area contributed by atoms with Crippen LogP contribution in [0.25, 0.3) is 11.1 Å². The van der Waals surface area contributed by atoms with Crippen LogP contribution in [0, 0.1) is 11.7 Å². The average Bonchev–Trinajstić information content (AvgIpc) is 3.09. The van der Waals surface area contributed by atoms with E-state index in [0.29, 0.717) is 17.1 Å². The molecule has 9 nitrogen and oxygen atoms in total. The molecule has 1 aliphatic rings. The van der Waals surface area contributed by atoms with Gasteiger partial charge < -0.3 is 20.7 Å². The highest BCUT2D eigenvalue weighted by Crippen LogP contribution is 2.30. The van der Waals surface area contributed by atoms with Crippen LogP contribution in [0.1, 0.15) is 6.92 Å². The molecule has 0 aliphatic carbocycles. The molecule has 164 valence electrons. The Morgan fingerprint density at radius 2 is 2.10 bits per heavy atom. The molecule has 0 bridgehead atoms. The lowest BCUT2D eigenvalue weighted by atomic mass is 10.0. The van der Waals surface area contributed by atoms with Crippen LogP contribution in [0.4, 0.5) is 20.7 Å². The number of primary amides is 1. The first-order valence-electron chi connectivity index (χ1n) is 9.63. The van der Waals surface area contributed by atoms with E-state index in [1.807, 2.05) is 0 Å². The van der Waals surface area contributed by atoms with Gasteiger partial charge in [-0.2, -0.15) is 0 Å². The van der Waals surface area contributed by atoms with Crippen LogP contribution in [0.5, 0.6) is 0 Å². The number of hydrogen-bond donors (Lipinski definition) is 2. The zero-order valence-corrected chi connectivity index (χ0v) is 17.5. The normalized spacial score (nSPS) is 16.9. The Morgan fingerprint density at radius 1 is 1.35 bits per heavy atom. The first kappa shape index (κ1) is 22.2. The highest BCUT2D eigenvalue weighted by Gasteiger charge is 2.37. The minimum absolute atomic E-state index is 0.102. The summed E-state index contributed by atoms with van der Waals surface area (Å²) in [5.74, 6) is -1.62. The van der Waals surface area contributed by atoms with E-state index in [4.69, 9.17) is 10.5 Å². The number of likely N-dealkylation sites (N-methyl/N-ethyl adjacent to an activating group) is 1. The Hall–Kier alpha value is -3.53. The summed E-state index contributed by atoms with van der Waals surface area (Å²) in [6.45, 7) is 1.90. The molecule has 2 atom stereocenters. The summed E-state index contributed by atoms with van der Waals surface area (Å²) in [7, 11) is 3.56. The first-order valence-corrected chi connectivity index (χ1v) is 9.63. The van der Waals surface area contributed by atoms with Crippen LogP contribution in [0.3, 0.4) is 0 Å². The number of pyridine rings is 1. The van der Waals surface area contributed by atoms with Crippen molar-refractivity contribution in [2.75, 3.05) is 37.4 Å². The highest BCUT2D eigenvalue weighted by atomic mass is 19.1. The van der Waals surface area contributed by atoms with E-state index in [2.05, 4.69) is 10.3 Å². The van der Waals surface area contributed by atoms with E-state index >= 15 is 0 Å². The molecule has 1 fully saturated rings. The largest absolute Gasteiger partial charge is 0.443 e. The monoisotopic (exact) mass is 429 g/mol. The van der Waals surface area contributed by atoms with Gasteiger partial charge in [0.2, 0.25) is 11.8 Å².